The molecule has 0 unspecified atom stereocenters. The van der Waals surface area contributed by atoms with Crippen LogP contribution in [0, 0.1) is 12.7 Å². The molecule has 1 aromatic heterocycles. The summed E-state index contributed by atoms with van der Waals surface area (Å²) in [7, 11) is 1.50. The summed E-state index contributed by atoms with van der Waals surface area (Å²) >= 11 is 6.05. The van der Waals surface area contributed by atoms with Crippen molar-refractivity contribution in [3.63, 3.8) is 0 Å². The summed E-state index contributed by atoms with van der Waals surface area (Å²) in [5.41, 5.74) is 2.36. The van der Waals surface area contributed by atoms with E-state index in [9.17, 15) is 9.18 Å². The fourth-order valence-electron chi connectivity index (χ4n) is 2.35. The molecule has 4 nitrogen and oxygen atoms in total. The largest absolute Gasteiger partial charge is 0.495 e. The summed E-state index contributed by atoms with van der Waals surface area (Å²) in [6.45, 7) is 1.84. The van der Waals surface area contributed by atoms with E-state index in [2.05, 4.69) is 10.3 Å². The second kappa shape index (κ2) is 5.93. The van der Waals surface area contributed by atoms with Gasteiger partial charge in [-0.3, -0.25) is 4.79 Å². The Morgan fingerprint density at radius 2 is 2.04 bits per heavy atom. The minimum atomic E-state index is -0.349. The van der Waals surface area contributed by atoms with Crippen LogP contribution in [0.3, 0.4) is 0 Å². The van der Waals surface area contributed by atoms with Gasteiger partial charge in [-0.15, -0.1) is 0 Å². The van der Waals surface area contributed by atoms with E-state index in [1.807, 2.05) is 6.92 Å². The molecule has 0 atom stereocenters. The van der Waals surface area contributed by atoms with E-state index >= 15 is 0 Å². The lowest BCUT2D eigenvalue weighted by molar-refractivity contribution is 0.102. The van der Waals surface area contributed by atoms with E-state index < -0.39 is 0 Å². The van der Waals surface area contributed by atoms with Crippen molar-refractivity contribution < 1.29 is 13.9 Å². The number of benzene rings is 2. The molecule has 0 fully saturated rings. The van der Waals surface area contributed by atoms with Crippen molar-refractivity contribution in [1.29, 1.82) is 0 Å². The normalized spacial score (nSPS) is 10.8. The number of carbonyl (C=O) groups excluding carboxylic acids is 1. The van der Waals surface area contributed by atoms with E-state index in [-0.39, 0.29) is 11.7 Å². The number of H-pyrrole nitrogens is 1. The number of amides is 1. The fraction of sp³-hybridized carbons (Fsp3) is 0.118. The third-order valence-electron chi connectivity index (χ3n) is 3.56. The highest BCUT2D eigenvalue weighted by Crippen LogP contribution is 2.31. The maximum absolute atomic E-state index is 13.2. The molecule has 118 valence electrons. The van der Waals surface area contributed by atoms with E-state index in [1.54, 1.807) is 24.3 Å². The molecule has 3 rings (SSSR count). The smallest absolute Gasteiger partial charge is 0.272 e. The van der Waals surface area contributed by atoms with Crippen molar-refractivity contribution >= 4 is 34.1 Å². The average Bonchev–Trinajstić information content (AvgIpc) is 2.93. The van der Waals surface area contributed by atoms with Crippen LogP contribution < -0.4 is 10.1 Å². The van der Waals surface area contributed by atoms with Crippen LogP contribution in [0.1, 0.15) is 16.1 Å². The number of rotatable bonds is 3. The molecule has 0 aliphatic rings. The zero-order valence-electron chi connectivity index (χ0n) is 12.5. The molecule has 1 heterocycles. The first kappa shape index (κ1) is 15.4. The Morgan fingerprint density at radius 1 is 1.26 bits per heavy atom. The lowest BCUT2D eigenvalue weighted by Crippen LogP contribution is -2.13. The van der Waals surface area contributed by atoms with Gasteiger partial charge in [-0.25, -0.2) is 4.39 Å². The van der Waals surface area contributed by atoms with Gasteiger partial charge in [0, 0.05) is 22.0 Å². The number of carbonyl (C=O) groups is 1. The summed E-state index contributed by atoms with van der Waals surface area (Å²) < 4.78 is 18.5. The fourth-order valence-corrected chi connectivity index (χ4v) is 2.50. The van der Waals surface area contributed by atoms with Crippen LogP contribution in [0.5, 0.6) is 5.75 Å². The Hall–Kier alpha value is -2.53. The minimum absolute atomic E-state index is 0.334. The van der Waals surface area contributed by atoms with Gasteiger partial charge in [0.2, 0.25) is 0 Å². The molecular formula is C17H14ClFN2O2. The van der Waals surface area contributed by atoms with Gasteiger partial charge >= 0.3 is 0 Å². The molecular weight excluding hydrogens is 319 g/mol. The van der Waals surface area contributed by atoms with Crippen molar-refractivity contribution in [2.24, 2.45) is 0 Å². The number of halogens is 2. The summed E-state index contributed by atoms with van der Waals surface area (Å²) in [6.07, 6.45) is 0. The number of ether oxygens (including phenoxy) is 1. The molecule has 23 heavy (non-hydrogen) atoms. The van der Waals surface area contributed by atoms with Crippen LogP contribution in [0.15, 0.2) is 36.4 Å². The topological polar surface area (TPSA) is 54.1 Å². The van der Waals surface area contributed by atoms with Crippen LogP contribution in [0.2, 0.25) is 5.02 Å². The molecule has 2 N–H and O–H groups in total. The Morgan fingerprint density at radius 3 is 2.78 bits per heavy atom. The highest BCUT2D eigenvalue weighted by atomic mass is 35.5. The number of aromatic nitrogens is 1. The molecule has 1 amide bonds. The SMILES string of the molecule is COc1cc(Cl)c(C)cc1NC(=O)c1cc2cc(F)ccc2[nH]1. The van der Waals surface area contributed by atoms with Crippen molar-refractivity contribution in [1.82, 2.24) is 4.98 Å². The maximum Gasteiger partial charge on any atom is 0.272 e. The van der Waals surface area contributed by atoms with Crippen LogP contribution in [0.25, 0.3) is 10.9 Å². The summed E-state index contributed by atoms with van der Waals surface area (Å²) in [5, 5.41) is 3.96. The monoisotopic (exact) mass is 332 g/mol. The molecule has 0 aliphatic heterocycles. The van der Waals surface area contributed by atoms with Crippen molar-refractivity contribution in [2.75, 3.05) is 12.4 Å². The zero-order chi connectivity index (χ0) is 16.6. The van der Waals surface area contributed by atoms with Crippen LogP contribution in [-0.2, 0) is 0 Å². The molecule has 0 saturated heterocycles. The third kappa shape index (κ3) is 3.00. The van der Waals surface area contributed by atoms with Gasteiger partial charge in [0.15, 0.2) is 0 Å². The molecule has 0 saturated carbocycles. The van der Waals surface area contributed by atoms with Crippen LogP contribution in [0.4, 0.5) is 10.1 Å². The second-order valence-electron chi connectivity index (χ2n) is 5.17. The van der Waals surface area contributed by atoms with Gasteiger partial charge in [0.05, 0.1) is 12.8 Å². The number of aryl methyl sites for hydroxylation is 1. The predicted molar refractivity (Wildman–Crippen MR) is 89.0 cm³/mol. The number of aromatic amines is 1. The van der Waals surface area contributed by atoms with Crippen molar-refractivity contribution in [2.45, 2.75) is 6.92 Å². The quantitative estimate of drug-likeness (QED) is 0.740. The highest BCUT2D eigenvalue weighted by molar-refractivity contribution is 6.31. The number of nitrogens with one attached hydrogen (secondary N) is 2. The number of hydrogen-bond donors (Lipinski definition) is 2. The standard InChI is InChI=1S/C17H14ClFN2O2/c1-9-5-14(16(23-2)8-12(9)18)21-17(22)15-7-10-6-11(19)3-4-13(10)20-15/h3-8,20H,1-2H3,(H,21,22). The molecule has 0 radical (unpaired) electrons. The summed E-state index contributed by atoms with van der Waals surface area (Å²) in [5.74, 6) is -0.226. The first-order chi connectivity index (χ1) is 11.0. The Bertz CT molecular complexity index is 905. The van der Waals surface area contributed by atoms with Crippen molar-refractivity contribution in [3.05, 3.63) is 58.5 Å². The van der Waals surface area contributed by atoms with Gasteiger partial charge in [-0.2, -0.15) is 0 Å². The number of methoxy groups -OCH3 is 1. The van der Waals surface area contributed by atoms with Gasteiger partial charge in [0.1, 0.15) is 17.3 Å². The lowest BCUT2D eigenvalue weighted by atomic mass is 10.2. The highest BCUT2D eigenvalue weighted by Gasteiger charge is 2.14. The zero-order valence-corrected chi connectivity index (χ0v) is 13.3. The second-order valence-corrected chi connectivity index (χ2v) is 5.58. The first-order valence-electron chi connectivity index (χ1n) is 6.91. The van der Waals surface area contributed by atoms with E-state index in [1.165, 1.54) is 19.2 Å². The van der Waals surface area contributed by atoms with E-state index in [4.69, 9.17) is 16.3 Å². The number of fused-ring (bicyclic) bond motifs is 1. The minimum Gasteiger partial charge on any atom is -0.495 e. The third-order valence-corrected chi connectivity index (χ3v) is 3.96. The summed E-state index contributed by atoms with van der Waals surface area (Å²) in [6, 6.07) is 9.29. The van der Waals surface area contributed by atoms with Gasteiger partial charge < -0.3 is 15.0 Å². The Balaban J connectivity index is 1.93. The maximum atomic E-state index is 13.2. The first-order valence-corrected chi connectivity index (χ1v) is 7.29. The van der Waals surface area contributed by atoms with E-state index in [0.717, 1.165) is 5.56 Å². The van der Waals surface area contributed by atoms with Crippen LogP contribution >= 0.6 is 11.6 Å². The van der Waals surface area contributed by atoms with Gasteiger partial charge in [-0.1, -0.05) is 11.6 Å². The molecule has 6 heteroatoms. The molecule has 3 aromatic rings. The Labute approximate surface area is 137 Å². The molecule has 0 aliphatic carbocycles. The van der Waals surface area contributed by atoms with Gasteiger partial charge in [-0.05, 0) is 42.8 Å². The molecule has 0 spiro atoms. The number of anilines is 1. The van der Waals surface area contributed by atoms with Crippen LogP contribution in [-0.4, -0.2) is 18.0 Å². The molecule has 0 bridgehead atoms. The van der Waals surface area contributed by atoms with Crippen molar-refractivity contribution in [3.8, 4) is 5.75 Å². The Kier molecular flexibility index (Phi) is 3.96. The number of hydrogen-bond acceptors (Lipinski definition) is 2. The summed E-state index contributed by atoms with van der Waals surface area (Å²) in [4.78, 5) is 15.4. The van der Waals surface area contributed by atoms with E-state index in [0.29, 0.717) is 33.1 Å². The van der Waals surface area contributed by atoms with Gasteiger partial charge in [0.25, 0.3) is 5.91 Å². The molecule has 2 aromatic carbocycles. The average molecular weight is 333 g/mol. The lowest BCUT2D eigenvalue weighted by Gasteiger charge is -2.11. The predicted octanol–water partition coefficient (Wildman–Crippen LogP) is 4.53.